The zero-order chi connectivity index (χ0) is 24.2. The number of aryl methyl sites for hydroxylation is 1. The van der Waals surface area contributed by atoms with E-state index in [4.69, 9.17) is 28.9 Å². The molecule has 0 saturated heterocycles. The average Bonchev–Trinajstić information content (AvgIpc) is 3.40. The molecule has 0 fully saturated rings. The number of aliphatic imine (C=N–C) groups is 1. The molecular weight excluding hydrogens is 485 g/mol. The lowest BCUT2D eigenvalue weighted by molar-refractivity contribution is -0.619. The van der Waals surface area contributed by atoms with Crippen molar-refractivity contribution >= 4 is 40.3 Å². The number of nitrogens with zero attached hydrogens (tertiary/aromatic N) is 3. The molecule has 2 aliphatic rings. The minimum absolute atomic E-state index is 0.145. The van der Waals surface area contributed by atoms with Crippen LogP contribution in [0.1, 0.15) is 41.7 Å². The number of rotatable bonds is 4. The SMILES string of the molecule is Nc1ccc(C2=CN=C(C3(O)CCc4cc(-c5cc(Cl)ccc5C(F)F)c[n+]([O-])c43)C2)c(Cl)n1. The molecule has 2 aromatic heterocycles. The number of pyridine rings is 2. The smallest absolute Gasteiger partial charge is 0.264 e. The summed E-state index contributed by atoms with van der Waals surface area (Å²) in [5.41, 5.74) is 6.83. The number of aliphatic hydroxyl groups is 1. The third kappa shape index (κ3) is 3.72. The van der Waals surface area contributed by atoms with E-state index in [0.717, 1.165) is 5.57 Å². The second-order valence-electron chi connectivity index (χ2n) is 8.30. The van der Waals surface area contributed by atoms with Gasteiger partial charge in [-0.2, -0.15) is 4.73 Å². The highest BCUT2D eigenvalue weighted by molar-refractivity contribution is 6.31. The monoisotopic (exact) mass is 502 g/mol. The average molecular weight is 503 g/mol. The summed E-state index contributed by atoms with van der Waals surface area (Å²) in [6.45, 7) is 0. The third-order valence-electron chi connectivity index (χ3n) is 6.25. The van der Waals surface area contributed by atoms with E-state index in [1.54, 1.807) is 24.4 Å². The predicted molar refractivity (Wildman–Crippen MR) is 127 cm³/mol. The van der Waals surface area contributed by atoms with Gasteiger partial charge in [-0.05, 0) is 54.3 Å². The van der Waals surface area contributed by atoms with E-state index in [9.17, 15) is 19.1 Å². The Morgan fingerprint density at radius 3 is 2.68 bits per heavy atom. The van der Waals surface area contributed by atoms with Crippen molar-refractivity contribution in [2.75, 3.05) is 5.73 Å². The van der Waals surface area contributed by atoms with Crippen LogP contribution in [0.15, 0.2) is 53.8 Å². The summed E-state index contributed by atoms with van der Waals surface area (Å²) in [6, 6.07) is 9.05. The molecule has 3 aromatic rings. The fourth-order valence-electron chi connectivity index (χ4n) is 4.63. The number of allylic oxidation sites excluding steroid dienone is 1. The van der Waals surface area contributed by atoms with Crippen molar-refractivity contribution in [3.05, 3.63) is 86.6 Å². The van der Waals surface area contributed by atoms with Crippen LogP contribution in [0.25, 0.3) is 16.7 Å². The first-order valence-corrected chi connectivity index (χ1v) is 11.2. The highest BCUT2D eigenvalue weighted by atomic mass is 35.5. The molecule has 1 aliphatic heterocycles. The molecule has 1 aromatic carbocycles. The van der Waals surface area contributed by atoms with Gasteiger partial charge in [0.15, 0.2) is 11.8 Å². The van der Waals surface area contributed by atoms with Crippen LogP contribution in [0.3, 0.4) is 0 Å². The number of nitrogens with two attached hydrogens (primary N) is 1. The van der Waals surface area contributed by atoms with Gasteiger partial charge >= 0.3 is 0 Å². The number of alkyl halides is 2. The van der Waals surface area contributed by atoms with E-state index in [0.29, 0.717) is 33.6 Å². The molecule has 34 heavy (non-hydrogen) atoms. The van der Waals surface area contributed by atoms with Gasteiger partial charge in [-0.3, -0.25) is 4.99 Å². The van der Waals surface area contributed by atoms with Gasteiger partial charge in [0.1, 0.15) is 11.0 Å². The zero-order valence-electron chi connectivity index (χ0n) is 17.6. The Hall–Kier alpha value is -3.07. The molecule has 0 amide bonds. The lowest BCUT2D eigenvalue weighted by Crippen LogP contribution is -2.45. The van der Waals surface area contributed by atoms with Crippen molar-refractivity contribution in [1.82, 2.24) is 4.98 Å². The maximum absolute atomic E-state index is 13.6. The molecule has 0 saturated carbocycles. The van der Waals surface area contributed by atoms with Gasteiger partial charge in [-0.1, -0.05) is 29.3 Å². The van der Waals surface area contributed by atoms with Crippen molar-refractivity contribution in [2.45, 2.75) is 31.3 Å². The maximum atomic E-state index is 13.6. The number of hydrogen-bond donors (Lipinski definition) is 2. The summed E-state index contributed by atoms with van der Waals surface area (Å²) in [4.78, 5) is 8.44. The fraction of sp³-hybridized carbons (Fsp3) is 0.208. The second-order valence-corrected chi connectivity index (χ2v) is 9.10. The number of nitrogen functional groups attached to an aromatic ring is 1. The molecule has 0 spiro atoms. The summed E-state index contributed by atoms with van der Waals surface area (Å²) >= 11 is 12.2. The fourth-order valence-corrected chi connectivity index (χ4v) is 5.08. The quantitative estimate of drug-likeness (QED) is 0.290. The van der Waals surface area contributed by atoms with E-state index in [-0.39, 0.29) is 45.7 Å². The van der Waals surface area contributed by atoms with Gasteiger partial charge in [0.05, 0.1) is 5.71 Å². The number of aromatic nitrogens is 2. The minimum atomic E-state index is -2.73. The third-order valence-corrected chi connectivity index (χ3v) is 6.77. The van der Waals surface area contributed by atoms with Crippen LogP contribution in [0.5, 0.6) is 0 Å². The number of benzene rings is 1. The van der Waals surface area contributed by atoms with Crippen LogP contribution in [0.4, 0.5) is 14.6 Å². The van der Waals surface area contributed by atoms with Crippen molar-refractivity contribution in [3.8, 4) is 11.1 Å². The molecule has 10 heteroatoms. The van der Waals surface area contributed by atoms with Crippen LogP contribution < -0.4 is 10.5 Å². The van der Waals surface area contributed by atoms with Crippen LogP contribution in [-0.2, 0) is 12.0 Å². The topological polar surface area (TPSA) is 98.4 Å². The molecule has 5 rings (SSSR count). The second kappa shape index (κ2) is 8.30. The van der Waals surface area contributed by atoms with E-state index in [1.165, 1.54) is 24.4 Å². The summed E-state index contributed by atoms with van der Waals surface area (Å²) in [5, 5.41) is 25.2. The Balaban J connectivity index is 1.49. The lowest BCUT2D eigenvalue weighted by Gasteiger charge is -2.23. The zero-order valence-corrected chi connectivity index (χ0v) is 19.1. The van der Waals surface area contributed by atoms with Gasteiger partial charge in [0, 0.05) is 39.9 Å². The highest BCUT2D eigenvalue weighted by Gasteiger charge is 2.49. The summed E-state index contributed by atoms with van der Waals surface area (Å²) in [7, 11) is 0. The number of fused-ring (bicyclic) bond motifs is 1. The van der Waals surface area contributed by atoms with Gasteiger partial charge in [-0.15, -0.1) is 0 Å². The molecule has 1 aliphatic carbocycles. The molecule has 1 atom stereocenters. The van der Waals surface area contributed by atoms with Gasteiger partial charge < -0.3 is 16.0 Å². The molecule has 0 radical (unpaired) electrons. The number of halogens is 4. The molecule has 174 valence electrons. The van der Waals surface area contributed by atoms with E-state index >= 15 is 0 Å². The molecule has 3 heterocycles. The maximum Gasteiger partial charge on any atom is 0.264 e. The molecule has 1 unspecified atom stereocenters. The van der Waals surface area contributed by atoms with Crippen molar-refractivity contribution in [3.63, 3.8) is 0 Å². The molecule has 3 N–H and O–H groups in total. The Kier molecular flexibility index (Phi) is 5.55. The summed E-state index contributed by atoms with van der Waals surface area (Å²) < 4.78 is 27.7. The first-order chi connectivity index (χ1) is 16.2. The number of hydrogen-bond acceptors (Lipinski definition) is 5. The number of anilines is 1. The standard InChI is InChI=1S/C24H18Cl2F2N4O2/c25-15-1-2-17(23(27)28)18(9-15)14-7-12-5-6-24(33,21(12)32(34)11-14)19-8-13(10-30-19)16-3-4-20(29)31-22(16)26/h1-4,7,9-11,23,33H,5-6,8H2,(H2,29,31). The first kappa shape index (κ1) is 22.7. The van der Waals surface area contributed by atoms with Crippen LogP contribution in [0, 0.1) is 5.21 Å². The van der Waals surface area contributed by atoms with Crippen LogP contribution in [0.2, 0.25) is 10.2 Å². The Morgan fingerprint density at radius 2 is 1.94 bits per heavy atom. The lowest BCUT2D eigenvalue weighted by atomic mass is 9.89. The summed E-state index contributed by atoms with van der Waals surface area (Å²) in [6.07, 6.45) is 0.938. The molecule has 0 bridgehead atoms. The van der Waals surface area contributed by atoms with E-state index < -0.39 is 12.0 Å². The largest absolute Gasteiger partial charge is 0.618 e. The molecular formula is C24H18Cl2F2N4O2. The minimum Gasteiger partial charge on any atom is -0.618 e. The van der Waals surface area contributed by atoms with Crippen molar-refractivity contribution < 1.29 is 18.6 Å². The Labute approximate surface area is 203 Å². The van der Waals surface area contributed by atoms with Gasteiger partial charge in [-0.25, -0.2) is 13.8 Å². The van der Waals surface area contributed by atoms with Gasteiger partial charge in [0.2, 0.25) is 5.69 Å². The van der Waals surface area contributed by atoms with Crippen molar-refractivity contribution in [1.29, 1.82) is 0 Å². The van der Waals surface area contributed by atoms with E-state index in [1.807, 2.05) is 0 Å². The van der Waals surface area contributed by atoms with E-state index in [2.05, 4.69) is 9.98 Å². The normalized spacial score (nSPS) is 19.4. The highest BCUT2D eigenvalue weighted by Crippen LogP contribution is 2.43. The Morgan fingerprint density at radius 1 is 1.15 bits per heavy atom. The first-order valence-electron chi connectivity index (χ1n) is 10.4. The summed E-state index contributed by atoms with van der Waals surface area (Å²) in [5.74, 6) is 0.287. The predicted octanol–water partition coefficient (Wildman–Crippen LogP) is 5.23. The van der Waals surface area contributed by atoms with Gasteiger partial charge in [0.25, 0.3) is 6.43 Å². The molecule has 6 nitrogen and oxygen atoms in total. The van der Waals surface area contributed by atoms with Crippen molar-refractivity contribution in [2.24, 2.45) is 4.99 Å². The Bertz CT molecular complexity index is 1390. The van der Waals surface area contributed by atoms with Crippen LogP contribution in [-0.4, -0.2) is 15.8 Å². The van der Waals surface area contributed by atoms with Crippen LogP contribution >= 0.6 is 23.2 Å².